The molecule has 0 aliphatic heterocycles. The third-order valence-corrected chi connectivity index (χ3v) is 3.68. The van der Waals surface area contributed by atoms with Gasteiger partial charge in [-0.15, -0.1) is 0 Å². The van der Waals surface area contributed by atoms with E-state index in [9.17, 15) is 9.59 Å². The molecular weight excluding hydrogens is 360 g/mol. The Hall–Kier alpha value is -2.34. The smallest absolute Gasteiger partial charge is 0.262 e. The average Bonchev–Trinajstić information content (AvgIpc) is 2.46. The van der Waals surface area contributed by atoms with Crippen LogP contribution in [0.5, 0.6) is 5.75 Å². The van der Waals surface area contributed by atoms with E-state index in [1.54, 1.807) is 24.3 Å². The number of amides is 2. The number of halogens is 1. The highest BCUT2D eigenvalue weighted by Gasteiger charge is 2.09. The molecule has 2 rings (SSSR count). The topological polar surface area (TPSA) is 81.4 Å². The van der Waals surface area contributed by atoms with Crippen LogP contribution in [0, 0.1) is 13.8 Å². The fourth-order valence-electron chi connectivity index (χ4n) is 2.18. The van der Waals surface area contributed by atoms with E-state index >= 15 is 0 Å². The second-order valence-electron chi connectivity index (χ2n) is 5.15. The summed E-state index contributed by atoms with van der Waals surface area (Å²) in [4.78, 5) is 23.0. The Bertz CT molecular complexity index is 719. The number of ether oxygens (including phenoxy) is 1. The van der Waals surface area contributed by atoms with Gasteiger partial charge in [-0.25, -0.2) is 0 Å². The minimum absolute atomic E-state index is 0.0963. The summed E-state index contributed by atoms with van der Waals surface area (Å²) in [6.45, 7) is 3.75. The van der Waals surface area contributed by atoms with Gasteiger partial charge in [0.05, 0.1) is 0 Å². The molecule has 2 aromatic carbocycles. The lowest BCUT2D eigenvalue weighted by Crippen LogP contribution is -2.20. The van der Waals surface area contributed by atoms with Gasteiger partial charge in [-0.05, 0) is 61.4 Å². The normalized spacial score (nSPS) is 10.2. The highest BCUT2D eigenvalue weighted by atomic mass is 79.9. The largest absolute Gasteiger partial charge is 0.483 e. The summed E-state index contributed by atoms with van der Waals surface area (Å²) in [5, 5.41) is 2.70. The Labute approximate surface area is 143 Å². The zero-order chi connectivity index (χ0) is 17.0. The number of carbonyl (C=O) groups is 2. The number of nitrogens with two attached hydrogens (primary N) is 1. The summed E-state index contributed by atoms with van der Waals surface area (Å²) in [6.07, 6.45) is 0. The van der Waals surface area contributed by atoms with Gasteiger partial charge in [-0.3, -0.25) is 9.59 Å². The van der Waals surface area contributed by atoms with Crippen molar-refractivity contribution in [3.63, 3.8) is 0 Å². The third kappa shape index (κ3) is 4.56. The SMILES string of the molecule is Cc1cc(Br)cc(C)c1OCC(=O)Nc1ccc(C(N)=O)cc1. The molecule has 0 saturated heterocycles. The van der Waals surface area contributed by atoms with Crippen molar-refractivity contribution in [1.82, 2.24) is 0 Å². The lowest BCUT2D eigenvalue weighted by molar-refractivity contribution is -0.118. The van der Waals surface area contributed by atoms with Crippen LogP contribution in [0.3, 0.4) is 0 Å². The lowest BCUT2D eigenvalue weighted by Gasteiger charge is -2.13. The molecule has 0 fully saturated rings. The molecule has 23 heavy (non-hydrogen) atoms. The van der Waals surface area contributed by atoms with Crippen molar-refractivity contribution in [3.05, 3.63) is 57.6 Å². The fraction of sp³-hybridized carbons (Fsp3) is 0.176. The molecule has 2 aromatic rings. The second-order valence-corrected chi connectivity index (χ2v) is 6.06. The van der Waals surface area contributed by atoms with E-state index in [0.29, 0.717) is 17.0 Å². The summed E-state index contributed by atoms with van der Waals surface area (Å²) < 4.78 is 6.58. The molecular formula is C17H17BrN2O3. The number of nitrogens with one attached hydrogen (secondary N) is 1. The number of carbonyl (C=O) groups excluding carboxylic acids is 2. The van der Waals surface area contributed by atoms with Crippen molar-refractivity contribution in [2.24, 2.45) is 5.73 Å². The second kappa shape index (κ2) is 7.28. The molecule has 0 bridgehead atoms. The maximum atomic E-state index is 12.0. The van der Waals surface area contributed by atoms with Crippen LogP contribution >= 0.6 is 15.9 Å². The predicted octanol–water partition coefficient (Wildman–Crippen LogP) is 3.18. The molecule has 120 valence electrons. The summed E-state index contributed by atoms with van der Waals surface area (Å²) in [7, 11) is 0. The van der Waals surface area contributed by atoms with E-state index in [4.69, 9.17) is 10.5 Å². The minimum Gasteiger partial charge on any atom is -0.483 e. The highest BCUT2D eigenvalue weighted by Crippen LogP contribution is 2.27. The third-order valence-electron chi connectivity index (χ3n) is 3.23. The molecule has 2 amide bonds. The molecule has 0 aliphatic carbocycles. The highest BCUT2D eigenvalue weighted by molar-refractivity contribution is 9.10. The minimum atomic E-state index is -0.507. The van der Waals surface area contributed by atoms with E-state index in [1.165, 1.54) is 0 Å². The number of primary amides is 1. The van der Waals surface area contributed by atoms with Crippen molar-refractivity contribution >= 4 is 33.4 Å². The van der Waals surface area contributed by atoms with Crippen LogP contribution in [-0.2, 0) is 4.79 Å². The molecule has 0 heterocycles. The van der Waals surface area contributed by atoms with Gasteiger partial charge in [0.2, 0.25) is 5.91 Å². The molecule has 0 aliphatic rings. The van der Waals surface area contributed by atoms with E-state index in [1.807, 2.05) is 26.0 Å². The van der Waals surface area contributed by atoms with E-state index < -0.39 is 5.91 Å². The van der Waals surface area contributed by atoms with Crippen LogP contribution < -0.4 is 15.8 Å². The first kappa shape index (κ1) is 17.0. The quantitative estimate of drug-likeness (QED) is 0.840. The van der Waals surface area contributed by atoms with Crippen molar-refractivity contribution in [1.29, 1.82) is 0 Å². The van der Waals surface area contributed by atoms with Gasteiger partial charge in [-0.1, -0.05) is 15.9 Å². The monoisotopic (exact) mass is 376 g/mol. The Balaban J connectivity index is 1.96. The molecule has 0 spiro atoms. The zero-order valence-corrected chi connectivity index (χ0v) is 14.4. The Kier molecular flexibility index (Phi) is 5.39. The number of anilines is 1. The van der Waals surface area contributed by atoms with Crippen LogP contribution in [0.15, 0.2) is 40.9 Å². The standard InChI is InChI=1S/C17H17BrN2O3/c1-10-7-13(18)8-11(2)16(10)23-9-15(21)20-14-5-3-12(4-6-14)17(19)22/h3-8H,9H2,1-2H3,(H2,19,22)(H,20,21). The maximum absolute atomic E-state index is 12.0. The van der Waals surface area contributed by atoms with Gasteiger partial charge >= 0.3 is 0 Å². The van der Waals surface area contributed by atoms with Gasteiger partial charge in [0.25, 0.3) is 5.91 Å². The van der Waals surface area contributed by atoms with Gasteiger partial charge < -0.3 is 15.8 Å². The van der Waals surface area contributed by atoms with Crippen molar-refractivity contribution in [2.45, 2.75) is 13.8 Å². The van der Waals surface area contributed by atoms with Crippen LogP contribution in [-0.4, -0.2) is 18.4 Å². The Morgan fingerprint density at radius 2 is 1.70 bits per heavy atom. The zero-order valence-electron chi connectivity index (χ0n) is 12.9. The molecule has 0 radical (unpaired) electrons. The van der Waals surface area contributed by atoms with E-state index in [0.717, 1.165) is 15.6 Å². The summed E-state index contributed by atoms with van der Waals surface area (Å²) in [5.74, 6) is -0.0848. The van der Waals surface area contributed by atoms with Crippen molar-refractivity contribution in [3.8, 4) is 5.75 Å². The number of hydrogen-bond acceptors (Lipinski definition) is 3. The summed E-state index contributed by atoms with van der Waals surface area (Å²) >= 11 is 3.42. The van der Waals surface area contributed by atoms with E-state index in [-0.39, 0.29) is 12.5 Å². The molecule has 6 heteroatoms. The van der Waals surface area contributed by atoms with Crippen LogP contribution in [0.4, 0.5) is 5.69 Å². The van der Waals surface area contributed by atoms with Gasteiger partial charge in [0.1, 0.15) is 5.75 Å². The molecule has 0 saturated carbocycles. The fourth-order valence-corrected chi connectivity index (χ4v) is 2.86. The maximum Gasteiger partial charge on any atom is 0.262 e. The predicted molar refractivity (Wildman–Crippen MR) is 92.7 cm³/mol. The van der Waals surface area contributed by atoms with Crippen LogP contribution in [0.1, 0.15) is 21.5 Å². The first-order valence-corrected chi connectivity index (χ1v) is 7.75. The summed E-state index contributed by atoms with van der Waals surface area (Å²) in [5.41, 5.74) is 8.04. The molecule has 0 unspecified atom stereocenters. The molecule has 0 aromatic heterocycles. The van der Waals surface area contributed by atoms with Gasteiger partial charge in [-0.2, -0.15) is 0 Å². The number of aryl methyl sites for hydroxylation is 2. The lowest BCUT2D eigenvalue weighted by atomic mass is 10.1. The van der Waals surface area contributed by atoms with Crippen molar-refractivity contribution < 1.29 is 14.3 Å². The van der Waals surface area contributed by atoms with Crippen molar-refractivity contribution in [2.75, 3.05) is 11.9 Å². The number of rotatable bonds is 5. The number of hydrogen-bond donors (Lipinski definition) is 2. The van der Waals surface area contributed by atoms with Gasteiger partial charge in [0.15, 0.2) is 6.61 Å². The van der Waals surface area contributed by atoms with Crippen LogP contribution in [0.2, 0.25) is 0 Å². The van der Waals surface area contributed by atoms with Gasteiger partial charge in [0, 0.05) is 15.7 Å². The first-order chi connectivity index (χ1) is 10.9. The van der Waals surface area contributed by atoms with E-state index in [2.05, 4.69) is 21.2 Å². The number of benzene rings is 2. The first-order valence-electron chi connectivity index (χ1n) is 6.96. The average molecular weight is 377 g/mol. The Morgan fingerprint density at radius 1 is 1.13 bits per heavy atom. The Morgan fingerprint density at radius 3 is 2.22 bits per heavy atom. The molecule has 3 N–H and O–H groups in total. The molecule has 5 nitrogen and oxygen atoms in total. The molecule has 0 atom stereocenters. The van der Waals surface area contributed by atoms with Crippen LogP contribution in [0.25, 0.3) is 0 Å². The summed E-state index contributed by atoms with van der Waals surface area (Å²) in [6, 6.07) is 10.2.